The molecule has 0 atom stereocenters. The number of hydrogen-bond acceptors (Lipinski definition) is 4. The molecule has 88 valence electrons. The Balaban J connectivity index is 2.16. The van der Waals surface area contributed by atoms with E-state index < -0.39 is 0 Å². The zero-order chi connectivity index (χ0) is 11.8. The van der Waals surface area contributed by atoms with Crippen LogP contribution in [0.15, 0.2) is 29.1 Å². The van der Waals surface area contributed by atoms with E-state index in [1.807, 2.05) is 0 Å². The topological polar surface area (TPSA) is 72.1 Å². The van der Waals surface area contributed by atoms with E-state index in [1.54, 1.807) is 22.8 Å². The molecule has 2 N–H and O–H groups in total. The Bertz CT molecular complexity index is 614. The number of aromatic nitrogens is 3. The monoisotopic (exact) mass is 232 g/mol. The maximum atomic E-state index is 12.1. The molecule has 1 aromatic carbocycles. The van der Waals surface area contributed by atoms with Gasteiger partial charge in [0.15, 0.2) is 0 Å². The molecule has 0 saturated heterocycles. The zero-order valence-electron chi connectivity index (χ0n) is 9.13. The third-order valence-corrected chi connectivity index (χ3v) is 2.81. The highest BCUT2D eigenvalue weighted by atomic mass is 16.3. The van der Waals surface area contributed by atoms with Crippen molar-refractivity contribution < 1.29 is 5.11 Å². The first kappa shape index (κ1) is 10.1. The molecule has 0 bridgehead atoms. The normalized spacial score (nSPS) is 14.6. The molecular weight excluding hydrogens is 220 g/mol. The van der Waals surface area contributed by atoms with Gasteiger partial charge in [-0.1, -0.05) is 6.07 Å². The molecule has 0 unspecified atom stereocenters. The van der Waals surface area contributed by atoms with Crippen molar-refractivity contribution in [1.82, 2.24) is 19.7 Å². The van der Waals surface area contributed by atoms with Gasteiger partial charge >= 0.3 is 5.69 Å². The second-order valence-electron chi connectivity index (χ2n) is 3.96. The van der Waals surface area contributed by atoms with Crippen LogP contribution in [0.2, 0.25) is 0 Å². The summed E-state index contributed by atoms with van der Waals surface area (Å²) in [4.78, 5) is 12.1. The maximum absolute atomic E-state index is 12.1. The predicted molar refractivity (Wildman–Crippen MR) is 61.2 cm³/mol. The highest BCUT2D eigenvalue weighted by Crippen LogP contribution is 2.13. The Hall–Kier alpha value is -2.08. The highest BCUT2D eigenvalue weighted by Gasteiger charge is 2.17. The van der Waals surface area contributed by atoms with Gasteiger partial charge in [0, 0.05) is 19.2 Å². The summed E-state index contributed by atoms with van der Waals surface area (Å²) in [6.45, 7) is 2.01. The van der Waals surface area contributed by atoms with Crippen LogP contribution in [0.3, 0.4) is 0 Å². The molecule has 0 amide bonds. The highest BCUT2D eigenvalue weighted by molar-refractivity contribution is 5.37. The molecule has 0 radical (unpaired) electrons. The summed E-state index contributed by atoms with van der Waals surface area (Å²) in [5.41, 5.74) is 0.420. The van der Waals surface area contributed by atoms with E-state index in [0.717, 1.165) is 12.4 Å². The molecule has 1 aliphatic heterocycles. The number of hydrogen-bond donors (Lipinski definition) is 2. The third kappa shape index (κ3) is 1.62. The van der Waals surface area contributed by atoms with E-state index in [-0.39, 0.29) is 11.4 Å². The van der Waals surface area contributed by atoms with E-state index in [9.17, 15) is 9.90 Å². The van der Waals surface area contributed by atoms with Crippen molar-refractivity contribution in [1.29, 1.82) is 0 Å². The van der Waals surface area contributed by atoms with Crippen LogP contribution in [0, 0.1) is 0 Å². The van der Waals surface area contributed by atoms with Crippen LogP contribution in [0.25, 0.3) is 5.69 Å². The summed E-state index contributed by atoms with van der Waals surface area (Å²) >= 11 is 0. The van der Waals surface area contributed by atoms with Gasteiger partial charge in [-0.05, 0) is 12.1 Å². The second-order valence-corrected chi connectivity index (χ2v) is 3.96. The summed E-state index contributed by atoms with van der Waals surface area (Å²) in [6, 6.07) is 6.52. The molecule has 0 fully saturated rings. The van der Waals surface area contributed by atoms with Gasteiger partial charge in [0.2, 0.25) is 0 Å². The van der Waals surface area contributed by atoms with Gasteiger partial charge in [-0.25, -0.2) is 4.79 Å². The molecule has 6 heteroatoms. The van der Waals surface area contributed by atoms with Crippen molar-refractivity contribution in [3.8, 4) is 11.4 Å². The Labute approximate surface area is 97.1 Å². The Morgan fingerprint density at radius 2 is 2.29 bits per heavy atom. The molecule has 0 saturated carbocycles. The van der Waals surface area contributed by atoms with Crippen LogP contribution in [0.5, 0.6) is 5.75 Å². The number of phenolic OH excluding ortho intramolecular Hbond substituents is 1. The number of aromatic hydroxyl groups is 1. The summed E-state index contributed by atoms with van der Waals surface area (Å²) in [6.07, 6.45) is 0. The fraction of sp³-hybridized carbons (Fsp3) is 0.273. The van der Waals surface area contributed by atoms with E-state index in [2.05, 4.69) is 10.4 Å². The van der Waals surface area contributed by atoms with E-state index in [4.69, 9.17) is 0 Å². The molecule has 2 heterocycles. The molecular formula is C11H12N4O2. The SMILES string of the molecule is O=c1n(-c2cccc(O)c2)nc2n1CCNC2. The smallest absolute Gasteiger partial charge is 0.350 e. The van der Waals surface area contributed by atoms with Crippen molar-refractivity contribution >= 4 is 0 Å². The largest absolute Gasteiger partial charge is 0.508 e. The molecule has 3 rings (SSSR count). The van der Waals surface area contributed by atoms with E-state index >= 15 is 0 Å². The van der Waals surface area contributed by atoms with E-state index in [1.165, 1.54) is 10.7 Å². The maximum Gasteiger partial charge on any atom is 0.350 e. The fourth-order valence-corrected chi connectivity index (χ4v) is 1.98. The number of phenols is 1. The molecule has 1 aromatic heterocycles. The minimum atomic E-state index is -0.160. The number of fused-ring (bicyclic) bond motifs is 1. The molecule has 1 aliphatic rings. The first-order valence-electron chi connectivity index (χ1n) is 5.44. The first-order chi connectivity index (χ1) is 8.25. The minimum Gasteiger partial charge on any atom is -0.508 e. The van der Waals surface area contributed by atoms with Crippen molar-refractivity contribution in [3.63, 3.8) is 0 Å². The quantitative estimate of drug-likeness (QED) is 0.717. The van der Waals surface area contributed by atoms with Crippen LogP contribution in [-0.2, 0) is 13.1 Å². The van der Waals surface area contributed by atoms with Gasteiger partial charge in [-0.3, -0.25) is 4.57 Å². The Morgan fingerprint density at radius 1 is 1.41 bits per heavy atom. The molecule has 0 aliphatic carbocycles. The van der Waals surface area contributed by atoms with Crippen molar-refractivity contribution in [3.05, 3.63) is 40.6 Å². The summed E-state index contributed by atoms with van der Waals surface area (Å²) in [5.74, 6) is 0.850. The lowest BCUT2D eigenvalue weighted by molar-refractivity contribution is 0.474. The van der Waals surface area contributed by atoms with Crippen molar-refractivity contribution in [2.45, 2.75) is 13.1 Å². The number of rotatable bonds is 1. The zero-order valence-corrected chi connectivity index (χ0v) is 9.13. The van der Waals surface area contributed by atoms with E-state index in [0.29, 0.717) is 18.8 Å². The third-order valence-electron chi connectivity index (χ3n) is 2.81. The molecule has 0 spiro atoms. The van der Waals surface area contributed by atoms with Crippen molar-refractivity contribution in [2.24, 2.45) is 0 Å². The number of nitrogens with zero attached hydrogens (tertiary/aromatic N) is 3. The minimum absolute atomic E-state index is 0.124. The van der Waals surface area contributed by atoms with Gasteiger partial charge in [0.25, 0.3) is 0 Å². The molecule has 6 nitrogen and oxygen atoms in total. The Kier molecular flexibility index (Phi) is 2.22. The fourth-order valence-electron chi connectivity index (χ4n) is 1.98. The predicted octanol–water partition coefficient (Wildman–Crippen LogP) is -0.157. The van der Waals surface area contributed by atoms with Gasteiger partial charge in [-0.2, -0.15) is 4.68 Å². The average Bonchev–Trinajstić information content (AvgIpc) is 2.68. The number of nitrogens with one attached hydrogen (secondary N) is 1. The van der Waals surface area contributed by atoms with Crippen LogP contribution >= 0.6 is 0 Å². The van der Waals surface area contributed by atoms with Crippen LogP contribution in [0.4, 0.5) is 0 Å². The summed E-state index contributed by atoms with van der Waals surface area (Å²) in [5, 5.41) is 16.8. The van der Waals surface area contributed by atoms with Gasteiger partial charge in [0.05, 0.1) is 12.2 Å². The summed E-state index contributed by atoms with van der Waals surface area (Å²) in [7, 11) is 0. The first-order valence-corrected chi connectivity index (χ1v) is 5.44. The van der Waals surface area contributed by atoms with Crippen LogP contribution in [0.1, 0.15) is 5.82 Å². The van der Waals surface area contributed by atoms with Crippen LogP contribution < -0.4 is 11.0 Å². The number of benzene rings is 1. The lowest BCUT2D eigenvalue weighted by atomic mass is 10.3. The average molecular weight is 232 g/mol. The van der Waals surface area contributed by atoms with Gasteiger partial charge in [-0.15, -0.1) is 5.10 Å². The molecule has 2 aromatic rings. The second kappa shape index (κ2) is 3.74. The van der Waals surface area contributed by atoms with Gasteiger partial charge < -0.3 is 10.4 Å². The summed E-state index contributed by atoms with van der Waals surface area (Å²) < 4.78 is 2.97. The van der Waals surface area contributed by atoms with Gasteiger partial charge in [0.1, 0.15) is 11.6 Å². The Morgan fingerprint density at radius 3 is 3.06 bits per heavy atom. The van der Waals surface area contributed by atoms with Crippen molar-refractivity contribution in [2.75, 3.05) is 6.54 Å². The lowest BCUT2D eigenvalue weighted by Crippen LogP contribution is -2.34. The standard InChI is InChI=1S/C11H12N4O2/c16-9-3-1-2-8(6-9)15-11(17)14-5-4-12-7-10(14)13-15/h1-3,6,12,16H,4-5,7H2. The van der Waals surface area contributed by atoms with Crippen LogP contribution in [-0.4, -0.2) is 26.0 Å². The molecule has 17 heavy (non-hydrogen) atoms. The lowest BCUT2D eigenvalue weighted by Gasteiger charge is -2.11.